The molecule has 0 saturated carbocycles. The summed E-state index contributed by atoms with van der Waals surface area (Å²) in [6, 6.07) is 8.32. The number of aromatic nitrogens is 3. The average molecular weight is 304 g/mol. The fraction of sp³-hybridized carbons (Fsp3) is 0.400. The number of hydrogen-bond acceptors (Lipinski definition) is 4. The monoisotopic (exact) mass is 304 g/mol. The van der Waals surface area contributed by atoms with Gasteiger partial charge >= 0.3 is 0 Å². The van der Waals surface area contributed by atoms with E-state index >= 15 is 0 Å². The Labute approximate surface area is 129 Å². The van der Waals surface area contributed by atoms with Crippen molar-refractivity contribution in [1.29, 1.82) is 0 Å². The molecule has 2 rings (SSSR count). The normalized spacial score (nSPS) is 10.9. The highest BCUT2D eigenvalue weighted by molar-refractivity contribution is 7.99. The molecule has 5 nitrogen and oxygen atoms in total. The number of nitrogens with one attached hydrogen (secondary N) is 1. The van der Waals surface area contributed by atoms with Gasteiger partial charge in [0.15, 0.2) is 5.16 Å². The number of benzene rings is 1. The van der Waals surface area contributed by atoms with E-state index in [0.29, 0.717) is 18.2 Å². The predicted octanol–water partition coefficient (Wildman–Crippen LogP) is 2.62. The summed E-state index contributed by atoms with van der Waals surface area (Å²) in [5.41, 5.74) is 2.30. The molecule has 0 spiro atoms. The number of nitrogens with zero attached hydrogens (tertiary/aromatic N) is 3. The standard InChI is InChI=1S/C15H20N4OS/c1-4-16-14(20)9-21-15-18-17-10-19(15)13-7-5-12(6-8-13)11(2)3/h5-8,10-11H,4,9H2,1-3H3,(H,16,20). The third kappa shape index (κ3) is 4.07. The second-order valence-corrected chi connectivity index (χ2v) is 5.91. The molecule has 21 heavy (non-hydrogen) atoms. The zero-order valence-electron chi connectivity index (χ0n) is 12.5. The van der Waals surface area contributed by atoms with E-state index in [1.807, 2.05) is 11.5 Å². The molecule has 0 aliphatic carbocycles. The van der Waals surface area contributed by atoms with Gasteiger partial charge in [0.05, 0.1) is 5.75 Å². The molecular weight excluding hydrogens is 284 g/mol. The quantitative estimate of drug-likeness (QED) is 0.833. The average Bonchev–Trinajstić information content (AvgIpc) is 2.94. The van der Waals surface area contributed by atoms with Gasteiger partial charge in [-0.25, -0.2) is 0 Å². The maximum Gasteiger partial charge on any atom is 0.230 e. The van der Waals surface area contributed by atoms with Crippen LogP contribution in [0.1, 0.15) is 32.3 Å². The van der Waals surface area contributed by atoms with E-state index < -0.39 is 0 Å². The third-order valence-corrected chi connectivity index (χ3v) is 4.00. The zero-order valence-corrected chi connectivity index (χ0v) is 13.4. The van der Waals surface area contributed by atoms with Crippen LogP contribution in [0.4, 0.5) is 0 Å². The fourth-order valence-electron chi connectivity index (χ4n) is 1.90. The Morgan fingerprint density at radius 2 is 2.05 bits per heavy atom. The molecule has 1 amide bonds. The summed E-state index contributed by atoms with van der Waals surface area (Å²) in [4.78, 5) is 11.5. The number of amides is 1. The van der Waals surface area contributed by atoms with Crippen molar-refractivity contribution in [3.8, 4) is 5.69 Å². The molecule has 1 aromatic carbocycles. The Morgan fingerprint density at radius 1 is 1.33 bits per heavy atom. The van der Waals surface area contributed by atoms with Gasteiger partial charge in [-0.2, -0.15) is 0 Å². The van der Waals surface area contributed by atoms with E-state index in [0.717, 1.165) is 10.8 Å². The molecule has 112 valence electrons. The first-order valence-electron chi connectivity index (χ1n) is 7.01. The number of rotatable bonds is 6. The molecule has 2 aromatic rings. The van der Waals surface area contributed by atoms with Crippen molar-refractivity contribution < 1.29 is 4.79 Å². The van der Waals surface area contributed by atoms with Crippen molar-refractivity contribution in [2.45, 2.75) is 31.8 Å². The van der Waals surface area contributed by atoms with Gasteiger partial charge in [0, 0.05) is 12.2 Å². The van der Waals surface area contributed by atoms with Crippen LogP contribution in [-0.4, -0.2) is 33.0 Å². The summed E-state index contributed by atoms with van der Waals surface area (Å²) in [5.74, 6) is 0.857. The van der Waals surface area contributed by atoms with Gasteiger partial charge in [0.2, 0.25) is 5.91 Å². The zero-order chi connectivity index (χ0) is 15.2. The molecule has 0 saturated heterocycles. The van der Waals surface area contributed by atoms with Crippen LogP contribution in [0.25, 0.3) is 5.69 Å². The van der Waals surface area contributed by atoms with Gasteiger partial charge in [-0.3, -0.25) is 9.36 Å². The summed E-state index contributed by atoms with van der Waals surface area (Å²) < 4.78 is 1.90. The molecule has 0 bridgehead atoms. The second kappa shape index (κ2) is 7.26. The minimum atomic E-state index is 0.00667. The van der Waals surface area contributed by atoms with Crippen LogP contribution in [0.15, 0.2) is 35.7 Å². The molecule has 0 aliphatic heterocycles. The van der Waals surface area contributed by atoms with Crippen molar-refractivity contribution in [3.63, 3.8) is 0 Å². The lowest BCUT2D eigenvalue weighted by molar-refractivity contribution is -0.118. The SMILES string of the molecule is CCNC(=O)CSc1nncn1-c1ccc(C(C)C)cc1. The van der Waals surface area contributed by atoms with Crippen LogP contribution in [0, 0.1) is 0 Å². The Balaban J connectivity index is 2.10. The Kier molecular flexibility index (Phi) is 5.38. The van der Waals surface area contributed by atoms with Crippen molar-refractivity contribution in [2.24, 2.45) is 0 Å². The van der Waals surface area contributed by atoms with Gasteiger partial charge in [0.1, 0.15) is 6.33 Å². The van der Waals surface area contributed by atoms with Crippen molar-refractivity contribution >= 4 is 17.7 Å². The van der Waals surface area contributed by atoms with Crippen LogP contribution in [0.2, 0.25) is 0 Å². The predicted molar refractivity (Wildman–Crippen MR) is 84.9 cm³/mol. The smallest absolute Gasteiger partial charge is 0.230 e. The first-order valence-corrected chi connectivity index (χ1v) is 8.00. The Morgan fingerprint density at radius 3 is 2.67 bits per heavy atom. The van der Waals surface area contributed by atoms with E-state index in [-0.39, 0.29) is 5.91 Å². The number of carbonyl (C=O) groups excluding carboxylic acids is 1. The van der Waals surface area contributed by atoms with Crippen molar-refractivity contribution in [2.75, 3.05) is 12.3 Å². The molecule has 0 radical (unpaired) electrons. The minimum Gasteiger partial charge on any atom is -0.356 e. The molecular formula is C15H20N4OS. The molecule has 6 heteroatoms. The van der Waals surface area contributed by atoms with Crippen LogP contribution >= 0.6 is 11.8 Å². The molecule has 0 unspecified atom stereocenters. The summed E-state index contributed by atoms with van der Waals surface area (Å²) >= 11 is 1.38. The Bertz CT molecular complexity index is 592. The molecule has 1 N–H and O–H groups in total. The van der Waals surface area contributed by atoms with Crippen molar-refractivity contribution in [3.05, 3.63) is 36.2 Å². The summed E-state index contributed by atoms with van der Waals surface area (Å²) in [5, 5.41) is 11.5. The van der Waals surface area contributed by atoms with E-state index in [1.54, 1.807) is 6.33 Å². The van der Waals surface area contributed by atoms with Crippen molar-refractivity contribution in [1.82, 2.24) is 20.1 Å². The summed E-state index contributed by atoms with van der Waals surface area (Å²) in [6.45, 7) is 6.88. The first-order chi connectivity index (χ1) is 10.1. The highest BCUT2D eigenvalue weighted by Crippen LogP contribution is 2.21. The number of hydrogen-bond donors (Lipinski definition) is 1. The van der Waals surface area contributed by atoms with Gasteiger partial charge < -0.3 is 5.32 Å². The van der Waals surface area contributed by atoms with Crippen LogP contribution in [0.3, 0.4) is 0 Å². The van der Waals surface area contributed by atoms with Crippen LogP contribution < -0.4 is 5.32 Å². The van der Waals surface area contributed by atoms with E-state index in [4.69, 9.17) is 0 Å². The van der Waals surface area contributed by atoms with Gasteiger partial charge in [-0.15, -0.1) is 10.2 Å². The number of carbonyl (C=O) groups is 1. The van der Waals surface area contributed by atoms with E-state index in [2.05, 4.69) is 53.6 Å². The number of thioether (sulfide) groups is 1. The first kappa shape index (κ1) is 15.6. The van der Waals surface area contributed by atoms with Gasteiger partial charge in [-0.05, 0) is 30.5 Å². The van der Waals surface area contributed by atoms with E-state index in [1.165, 1.54) is 17.3 Å². The fourth-order valence-corrected chi connectivity index (χ4v) is 2.66. The molecule has 0 atom stereocenters. The van der Waals surface area contributed by atoms with Gasteiger partial charge in [-0.1, -0.05) is 37.7 Å². The molecule has 0 fully saturated rings. The maximum atomic E-state index is 11.5. The largest absolute Gasteiger partial charge is 0.356 e. The topological polar surface area (TPSA) is 59.8 Å². The maximum absolute atomic E-state index is 11.5. The van der Waals surface area contributed by atoms with Crippen LogP contribution in [-0.2, 0) is 4.79 Å². The molecule has 0 aliphatic rings. The van der Waals surface area contributed by atoms with Gasteiger partial charge in [0.25, 0.3) is 0 Å². The molecule has 1 aromatic heterocycles. The van der Waals surface area contributed by atoms with E-state index in [9.17, 15) is 4.79 Å². The third-order valence-electron chi connectivity index (χ3n) is 3.06. The molecule has 1 heterocycles. The summed E-state index contributed by atoms with van der Waals surface area (Å²) in [7, 11) is 0. The summed E-state index contributed by atoms with van der Waals surface area (Å²) in [6.07, 6.45) is 1.67. The lowest BCUT2D eigenvalue weighted by Crippen LogP contribution is -2.24. The lowest BCUT2D eigenvalue weighted by Gasteiger charge is -2.09. The Hall–Kier alpha value is -1.82. The minimum absolute atomic E-state index is 0.00667. The lowest BCUT2D eigenvalue weighted by atomic mass is 10.0. The van der Waals surface area contributed by atoms with Crippen LogP contribution in [0.5, 0.6) is 0 Å². The highest BCUT2D eigenvalue weighted by Gasteiger charge is 2.10. The highest BCUT2D eigenvalue weighted by atomic mass is 32.2. The second-order valence-electron chi connectivity index (χ2n) is 4.97.